The number of nitrogens with one attached hydrogen (secondary N) is 1. The van der Waals surface area contributed by atoms with E-state index < -0.39 is 6.04 Å². The monoisotopic (exact) mass is 411 g/mol. The topological polar surface area (TPSA) is 91.7 Å². The third-order valence-electron chi connectivity index (χ3n) is 4.80. The molecular formula is C22H25N3O5. The van der Waals surface area contributed by atoms with E-state index >= 15 is 0 Å². The van der Waals surface area contributed by atoms with E-state index in [0.29, 0.717) is 46.9 Å². The highest BCUT2D eigenvalue weighted by Crippen LogP contribution is 2.25. The second-order valence-electron chi connectivity index (χ2n) is 6.70. The Morgan fingerprint density at radius 2 is 1.90 bits per heavy atom. The highest BCUT2D eigenvalue weighted by molar-refractivity contribution is 5.97. The Morgan fingerprint density at radius 3 is 2.60 bits per heavy atom. The molecule has 30 heavy (non-hydrogen) atoms. The number of hydrogen-bond acceptors (Lipinski definition) is 6. The fraction of sp³-hybridized carbons (Fsp3) is 0.318. The van der Waals surface area contributed by atoms with Gasteiger partial charge in [-0.3, -0.25) is 14.2 Å². The van der Waals surface area contributed by atoms with E-state index in [9.17, 15) is 9.59 Å². The van der Waals surface area contributed by atoms with Crippen LogP contribution in [0.2, 0.25) is 0 Å². The van der Waals surface area contributed by atoms with Crippen LogP contribution >= 0.6 is 0 Å². The molecule has 3 rings (SSSR count). The number of aromatic nitrogens is 2. The maximum absolute atomic E-state index is 13.0. The summed E-state index contributed by atoms with van der Waals surface area (Å²) in [5, 5.41) is 3.43. The second-order valence-corrected chi connectivity index (χ2v) is 6.70. The molecule has 0 aliphatic carbocycles. The highest BCUT2D eigenvalue weighted by atomic mass is 16.5. The van der Waals surface area contributed by atoms with Crippen molar-refractivity contribution >= 4 is 16.8 Å². The van der Waals surface area contributed by atoms with Crippen molar-refractivity contribution in [2.24, 2.45) is 0 Å². The number of nitrogens with zero attached hydrogens (tertiary/aromatic N) is 2. The zero-order chi connectivity index (χ0) is 21.7. The molecule has 0 saturated heterocycles. The van der Waals surface area contributed by atoms with Crippen LogP contribution in [-0.2, 0) is 11.3 Å². The largest absolute Gasteiger partial charge is 0.497 e. The number of hydrogen-bond donors (Lipinski definition) is 1. The Balaban J connectivity index is 1.97. The molecule has 8 heteroatoms. The minimum absolute atomic E-state index is 0.171. The van der Waals surface area contributed by atoms with Gasteiger partial charge in [0.05, 0.1) is 49.9 Å². The summed E-state index contributed by atoms with van der Waals surface area (Å²) in [6, 6.07) is 11.6. The zero-order valence-corrected chi connectivity index (χ0v) is 17.5. The minimum Gasteiger partial charge on any atom is -0.497 e. The lowest BCUT2D eigenvalue weighted by Crippen LogP contribution is -2.34. The van der Waals surface area contributed by atoms with E-state index in [-0.39, 0.29) is 11.5 Å². The average Bonchev–Trinajstić information content (AvgIpc) is 2.77. The van der Waals surface area contributed by atoms with Gasteiger partial charge >= 0.3 is 0 Å². The SMILES string of the molecule is COCCn1c([C@@H](C)NC(=O)c2ccc(OC)cc2OC)nc2ccccc2c1=O. The molecule has 158 valence electrons. The fourth-order valence-electron chi connectivity index (χ4n) is 3.24. The van der Waals surface area contributed by atoms with Gasteiger partial charge in [0.1, 0.15) is 17.3 Å². The third kappa shape index (κ3) is 4.28. The molecule has 8 nitrogen and oxygen atoms in total. The van der Waals surface area contributed by atoms with Crippen molar-refractivity contribution in [3.63, 3.8) is 0 Å². The maximum atomic E-state index is 13.0. The maximum Gasteiger partial charge on any atom is 0.261 e. The quantitative estimate of drug-likeness (QED) is 0.613. The predicted octanol–water partition coefficient (Wildman–Crippen LogP) is 2.55. The molecular weight excluding hydrogens is 386 g/mol. The number of amides is 1. The number of methoxy groups -OCH3 is 3. The van der Waals surface area contributed by atoms with Crippen LogP contribution in [0.5, 0.6) is 11.5 Å². The lowest BCUT2D eigenvalue weighted by atomic mass is 10.1. The van der Waals surface area contributed by atoms with E-state index in [0.717, 1.165) is 0 Å². The van der Waals surface area contributed by atoms with E-state index in [4.69, 9.17) is 14.2 Å². The first-order valence-corrected chi connectivity index (χ1v) is 9.51. The van der Waals surface area contributed by atoms with Gasteiger partial charge in [-0.05, 0) is 31.2 Å². The predicted molar refractivity (Wildman–Crippen MR) is 113 cm³/mol. The van der Waals surface area contributed by atoms with Gasteiger partial charge in [-0.2, -0.15) is 0 Å². The number of para-hydroxylation sites is 1. The van der Waals surface area contributed by atoms with Crippen molar-refractivity contribution in [3.8, 4) is 11.5 Å². The molecule has 1 amide bonds. The van der Waals surface area contributed by atoms with Gasteiger partial charge < -0.3 is 19.5 Å². The lowest BCUT2D eigenvalue weighted by molar-refractivity contribution is 0.0933. The molecule has 0 spiro atoms. The van der Waals surface area contributed by atoms with Crippen LogP contribution in [0, 0.1) is 0 Å². The van der Waals surface area contributed by atoms with Crippen molar-refractivity contribution in [1.29, 1.82) is 0 Å². The molecule has 0 saturated carbocycles. The molecule has 0 fully saturated rings. The number of rotatable bonds is 8. The van der Waals surface area contributed by atoms with Crippen LogP contribution in [-0.4, -0.2) is 43.4 Å². The highest BCUT2D eigenvalue weighted by Gasteiger charge is 2.21. The number of carbonyl (C=O) groups is 1. The second kappa shape index (κ2) is 9.41. The van der Waals surface area contributed by atoms with Crippen molar-refractivity contribution in [1.82, 2.24) is 14.9 Å². The van der Waals surface area contributed by atoms with Crippen molar-refractivity contribution < 1.29 is 19.0 Å². The standard InChI is InChI=1S/C22H25N3O5/c1-14(23-21(26)17-10-9-15(29-3)13-19(17)30-4)20-24-18-8-6-5-7-16(18)22(27)25(20)11-12-28-2/h5-10,13-14H,11-12H2,1-4H3,(H,23,26)/t14-/m1/s1. The van der Waals surface area contributed by atoms with Gasteiger partial charge in [0.25, 0.3) is 11.5 Å². The lowest BCUT2D eigenvalue weighted by Gasteiger charge is -2.20. The molecule has 1 N–H and O–H groups in total. The van der Waals surface area contributed by atoms with E-state index in [1.54, 1.807) is 62.1 Å². The molecule has 1 heterocycles. The smallest absolute Gasteiger partial charge is 0.261 e. The molecule has 1 aromatic heterocycles. The number of fused-ring (bicyclic) bond motifs is 1. The van der Waals surface area contributed by atoms with Gasteiger partial charge in [0.15, 0.2) is 0 Å². The Morgan fingerprint density at radius 1 is 1.13 bits per heavy atom. The summed E-state index contributed by atoms with van der Waals surface area (Å²) in [6.45, 7) is 2.46. The Kier molecular flexibility index (Phi) is 6.68. The van der Waals surface area contributed by atoms with Crippen molar-refractivity contribution in [2.75, 3.05) is 27.9 Å². The van der Waals surface area contributed by atoms with Gasteiger partial charge in [-0.1, -0.05) is 12.1 Å². The summed E-state index contributed by atoms with van der Waals surface area (Å²) in [7, 11) is 4.60. The number of benzene rings is 2. The van der Waals surface area contributed by atoms with Crippen LogP contribution < -0.4 is 20.3 Å². The van der Waals surface area contributed by atoms with E-state index in [1.807, 2.05) is 6.07 Å². The summed E-state index contributed by atoms with van der Waals surface area (Å²) in [6.07, 6.45) is 0. The van der Waals surface area contributed by atoms with Crippen LogP contribution in [0.25, 0.3) is 10.9 Å². The van der Waals surface area contributed by atoms with Crippen LogP contribution in [0.3, 0.4) is 0 Å². The van der Waals surface area contributed by atoms with Crippen LogP contribution in [0.4, 0.5) is 0 Å². The fourth-order valence-corrected chi connectivity index (χ4v) is 3.24. The first-order chi connectivity index (χ1) is 14.5. The first kappa shape index (κ1) is 21.3. The molecule has 0 aliphatic rings. The van der Waals surface area contributed by atoms with Gasteiger partial charge in [0, 0.05) is 13.2 Å². The van der Waals surface area contributed by atoms with E-state index in [1.165, 1.54) is 7.11 Å². The molecule has 3 aromatic rings. The summed E-state index contributed by atoms with van der Waals surface area (Å²) < 4.78 is 17.2. The molecule has 1 atom stereocenters. The first-order valence-electron chi connectivity index (χ1n) is 9.51. The molecule has 0 bridgehead atoms. The van der Waals surface area contributed by atoms with Crippen LogP contribution in [0.15, 0.2) is 47.3 Å². The van der Waals surface area contributed by atoms with Crippen LogP contribution in [0.1, 0.15) is 29.1 Å². The van der Waals surface area contributed by atoms with E-state index in [2.05, 4.69) is 10.3 Å². The summed E-state index contributed by atoms with van der Waals surface area (Å²) in [5.41, 5.74) is 0.766. The van der Waals surface area contributed by atoms with Crippen molar-refractivity contribution in [2.45, 2.75) is 19.5 Å². The molecule has 0 radical (unpaired) electrons. The average molecular weight is 411 g/mol. The Hall–Kier alpha value is -3.39. The zero-order valence-electron chi connectivity index (χ0n) is 17.5. The minimum atomic E-state index is -0.529. The normalized spacial score (nSPS) is 11.9. The Bertz CT molecular complexity index is 1110. The summed E-state index contributed by atoms with van der Waals surface area (Å²) in [4.78, 5) is 30.6. The Labute approximate surface area is 174 Å². The third-order valence-corrected chi connectivity index (χ3v) is 4.80. The summed E-state index contributed by atoms with van der Waals surface area (Å²) >= 11 is 0. The van der Waals surface area contributed by atoms with Gasteiger partial charge in [-0.15, -0.1) is 0 Å². The number of carbonyl (C=O) groups excluding carboxylic acids is 1. The molecule has 0 aliphatic heterocycles. The molecule has 2 aromatic carbocycles. The molecule has 0 unspecified atom stereocenters. The van der Waals surface area contributed by atoms with Gasteiger partial charge in [0.2, 0.25) is 0 Å². The van der Waals surface area contributed by atoms with Crippen molar-refractivity contribution in [3.05, 3.63) is 64.2 Å². The van der Waals surface area contributed by atoms with Gasteiger partial charge in [-0.25, -0.2) is 4.98 Å². The summed E-state index contributed by atoms with van der Waals surface area (Å²) in [5.74, 6) is 1.09. The number of ether oxygens (including phenoxy) is 3.